The molecule has 4 rings (SSSR count). The van der Waals surface area contributed by atoms with Gasteiger partial charge in [-0.3, -0.25) is 14.2 Å². The number of aromatic nitrogens is 3. The summed E-state index contributed by atoms with van der Waals surface area (Å²) in [7, 11) is 1.93. The standard InChI is InChI=1S/C23H23N5O2S/c1-15-8-7-11-18(16(15)2)25-19(29)13-28-14-24-21-20(22(28)30)31-23(26-21)27(3)12-17-9-5-4-6-10-17/h4-11,14H,12-13H2,1-3H3,(H,25,29). The van der Waals surface area contributed by atoms with Crippen molar-refractivity contribution in [2.45, 2.75) is 26.9 Å². The van der Waals surface area contributed by atoms with Crippen molar-refractivity contribution in [2.75, 3.05) is 17.3 Å². The molecule has 8 heteroatoms. The fourth-order valence-corrected chi connectivity index (χ4v) is 4.20. The van der Waals surface area contributed by atoms with Crippen LogP contribution in [0.2, 0.25) is 0 Å². The van der Waals surface area contributed by atoms with E-state index in [4.69, 9.17) is 0 Å². The maximum Gasteiger partial charge on any atom is 0.273 e. The molecular formula is C23H23N5O2S. The SMILES string of the molecule is Cc1cccc(NC(=O)Cn2cnc3nc(N(C)Cc4ccccc4)sc3c2=O)c1C. The van der Waals surface area contributed by atoms with Gasteiger partial charge < -0.3 is 10.2 Å². The van der Waals surface area contributed by atoms with E-state index in [0.29, 0.717) is 22.0 Å². The Bertz CT molecular complexity index is 1300. The topological polar surface area (TPSA) is 80.1 Å². The summed E-state index contributed by atoms with van der Waals surface area (Å²) in [6, 6.07) is 15.8. The van der Waals surface area contributed by atoms with Crippen molar-refractivity contribution in [1.82, 2.24) is 14.5 Å². The predicted octanol–water partition coefficient (Wildman–Crippen LogP) is 3.74. The molecule has 0 bridgehead atoms. The molecular weight excluding hydrogens is 410 g/mol. The normalized spacial score (nSPS) is 10.9. The summed E-state index contributed by atoms with van der Waals surface area (Å²) in [6.45, 7) is 4.51. The minimum Gasteiger partial charge on any atom is -0.347 e. The molecule has 0 aliphatic carbocycles. The minimum absolute atomic E-state index is 0.109. The fourth-order valence-electron chi connectivity index (χ4n) is 3.27. The highest BCUT2D eigenvalue weighted by molar-refractivity contribution is 7.22. The van der Waals surface area contributed by atoms with Gasteiger partial charge in [-0.25, -0.2) is 4.98 Å². The lowest BCUT2D eigenvalue weighted by atomic mass is 10.1. The molecule has 2 heterocycles. The third kappa shape index (κ3) is 4.49. The summed E-state index contributed by atoms with van der Waals surface area (Å²) in [5, 5.41) is 3.59. The van der Waals surface area contributed by atoms with Gasteiger partial charge in [0.05, 0.1) is 0 Å². The molecule has 7 nitrogen and oxygen atoms in total. The monoisotopic (exact) mass is 433 g/mol. The zero-order valence-electron chi connectivity index (χ0n) is 17.6. The molecule has 2 aromatic carbocycles. The molecule has 2 aromatic heterocycles. The van der Waals surface area contributed by atoms with Gasteiger partial charge in [-0.1, -0.05) is 53.8 Å². The van der Waals surface area contributed by atoms with Crippen LogP contribution in [0.1, 0.15) is 16.7 Å². The highest BCUT2D eigenvalue weighted by Gasteiger charge is 2.15. The number of hydrogen-bond donors (Lipinski definition) is 1. The summed E-state index contributed by atoms with van der Waals surface area (Å²) in [6.07, 6.45) is 1.38. The Kier molecular flexibility index (Phi) is 5.81. The van der Waals surface area contributed by atoms with Crippen molar-refractivity contribution in [3.05, 3.63) is 81.9 Å². The zero-order valence-corrected chi connectivity index (χ0v) is 18.4. The Morgan fingerprint density at radius 3 is 2.68 bits per heavy atom. The second-order valence-electron chi connectivity index (χ2n) is 7.46. The summed E-state index contributed by atoms with van der Waals surface area (Å²) in [5.41, 5.74) is 4.13. The van der Waals surface area contributed by atoms with Crippen molar-refractivity contribution >= 4 is 38.4 Å². The van der Waals surface area contributed by atoms with E-state index in [1.54, 1.807) is 0 Å². The number of rotatable bonds is 6. The average molecular weight is 434 g/mol. The number of nitrogens with one attached hydrogen (secondary N) is 1. The van der Waals surface area contributed by atoms with Crippen LogP contribution in [-0.2, 0) is 17.9 Å². The summed E-state index contributed by atoms with van der Waals surface area (Å²) >= 11 is 1.29. The summed E-state index contributed by atoms with van der Waals surface area (Å²) < 4.78 is 1.76. The van der Waals surface area contributed by atoms with E-state index in [1.165, 1.54) is 22.2 Å². The number of benzene rings is 2. The second kappa shape index (κ2) is 8.69. The first-order chi connectivity index (χ1) is 14.9. The Balaban J connectivity index is 1.53. The highest BCUT2D eigenvalue weighted by atomic mass is 32.1. The van der Waals surface area contributed by atoms with Gasteiger partial charge in [0, 0.05) is 19.3 Å². The van der Waals surface area contributed by atoms with E-state index in [0.717, 1.165) is 22.4 Å². The molecule has 0 radical (unpaired) electrons. The number of aryl methyl sites for hydroxylation is 1. The number of carbonyl (C=O) groups is 1. The predicted molar refractivity (Wildman–Crippen MR) is 125 cm³/mol. The number of amides is 1. The fraction of sp³-hybridized carbons (Fsp3) is 0.217. The van der Waals surface area contributed by atoms with Gasteiger partial charge in [0.1, 0.15) is 17.6 Å². The Morgan fingerprint density at radius 1 is 1.13 bits per heavy atom. The van der Waals surface area contributed by atoms with Crippen LogP contribution >= 0.6 is 11.3 Å². The number of anilines is 2. The molecule has 0 spiro atoms. The van der Waals surface area contributed by atoms with Crippen molar-refractivity contribution < 1.29 is 4.79 Å². The first-order valence-electron chi connectivity index (χ1n) is 9.89. The lowest BCUT2D eigenvalue weighted by molar-refractivity contribution is -0.116. The van der Waals surface area contributed by atoms with Crippen LogP contribution in [0, 0.1) is 13.8 Å². The smallest absolute Gasteiger partial charge is 0.273 e. The van der Waals surface area contributed by atoms with Crippen molar-refractivity contribution in [1.29, 1.82) is 0 Å². The van der Waals surface area contributed by atoms with Gasteiger partial charge in [-0.05, 0) is 36.6 Å². The van der Waals surface area contributed by atoms with Crippen LogP contribution in [-0.4, -0.2) is 27.5 Å². The van der Waals surface area contributed by atoms with E-state index in [-0.39, 0.29) is 18.0 Å². The number of thiazole rings is 1. The first-order valence-corrected chi connectivity index (χ1v) is 10.7. The molecule has 31 heavy (non-hydrogen) atoms. The third-order valence-electron chi connectivity index (χ3n) is 5.15. The number of nitrogens with zero attached hydrogens (tertiary/aromatic N) is 4. The highest BCUT2D eigenvalue weighted by Crippen LogP contribution is 2.25. The molecule has 1 N–H and O–H groups in total. The van der Waals surface area contributed by atoms with Crippen molar-refractivity contribution in [3.63, 3.8) is 0 Å². The lowest BCUT2D eigenvalue weighted by Gasteiger charge is -2.15. The maximum atomic E-state index is 12.9. The van der Waals surface area contributed by atoms with E-state index < -0.39 is 0 Å². The molecule has 4 aromatic rings. The number of hydrogen-bond acceptors (Lipinski definition) is 6. The molecule has 0 aliphatic heterocycles. The average Bonchev–Trinajstić information content (AvgIpc) is 3.20. The van der Waals surface area contributed by atoms with Crippen molar-refractivity contribution in [2.24, 2.45) is 0 Å². The zero-order chi connectivity index (χ0) is 22.0. The van der Waals surface area contributed by atoms with Gasteiger partial charge in [0.15, 0.2) is 10.8 Å². The number of carbonyl (C=O) groups excluding carboxylic acids is 1. The summed E-state index contributed by atoms with van der Waals surface area (Å²) in [5.74, 6) is -0.275. The van der Waals surface area contributed by atoms with Gasteiger partial charge in [-0.15, -0.1) is 0 Å². The quantitative estimate of drug-likeness (QED) is 0.501. The molecule has 0 saturated carbocycles. The Morgan fingerprint density at radius 2 is 1.90 bits per heavy atom. The molecule has 0 unspecified atom stereocenters. The number of fused-ring (bicyclic) bond motifs is 1. The largest absolute Gasteiger partial charge is 0.347 e. The van der Waals surface area contributed by atoms with Gasteiger partial charge >= 0.3 is 0 Å². The van der Waals surface area contributed by atoms with E-state index in [9.17, 15) is 9.59 Å². The molecule has 1 amide bonds. The van der Waals surface area contributed by atoms with Crippen LogP contribution in [0.3, 0.4) is 0 Å². The third-order valence-corrected chi connectivity index (χ3v) is 6.30. The van der Waals surface area contributed by atoms with Crippen molar-refractivity contribution in [3.8, 4) is 0 Å². The van der Waals surface area contributed by atoms with Crippen LogP contribution in [0.25, 0.3) is 10.3 Å². The van der Waals surface area contributed by atoms with Gasteiger partial charge in [-0.2, -0.15) is 4.98 Å². The first kappa shape index (κ1) is 20.7. The molecule has 0 saturated heterocycles. The molecule has 0 fully saturated rings. The summed E-state index contributed by atoms with van der Waals surface area (Å²) in [4.78, 5) is 36.2. The Hall–Kier alpha value is -3.52. The minimum atomic E-state index is -0.275. The van der Waals surface area contributed by atoms with Gasteiger partial charge in [0.2, 0.25) is 5.91 Å². The Labute approximate surface area is 184 Å². The van der Waals surface area contributed by atoms with Crippen LogP contribution < -0.4 is 15.8 Å². The maximum absolute atomic E-state index is 12.9. The van der Waals surface area contributed by atoms with E-state index >= 15 is 0 Å². The van der Waals surface area contributed by atoms with E-state index in [1.807, 2.05) is 74.3 Å². The molecule has 0 aliphatic rings. The van der Waals surface area contributed by atoms with Crippen LogP contribution in [0.5, 0.6) is 0 Å². The van der Waals surface area contributed by atoms with E-state index in [2.05, 4.69) is 15.3 Å². The second-order valence-corrected chi connectivity index (χ2v) is 8.44. The lowest BCUT2D eigenvalue weighted by Crippen LogP contribution is -2.27. The molecule has 158 valence electrons. The van der Waals surface area contributed by atoms with Crippen LogP contribution in [0.4, 0.5) is 10.8 Å². The molecule has 0 atom stereocenters. The van der Waals surface area contributed by atoms with Gasteiger partial charge in [0.25, 0.3) is 5.56 Å². The van der Waals surface area contributed by atoms with Crippen LogP contribution in [0.15, 0.2) is 59.7 Å².